The van der Waals surface area contributed by atoms with E-state index < -0.39 is 0 Å². The first-order chi connectivity index (χ1) is 7.69. The number of nitriles is 1. The Hall–Kier alpha value is -1.05. The first kappa shape index (κ1) is 11.4. The molecule has 0 amide bonds. The Kier molecular flexibility index (Phi) is 3.47. The molecule has 0 saturated carbocycles. The van der Waals surface area contributed by atoms with Crippen LogP contribution in [0, 0.1) is 11.3 Å². The van der Waals surface area contributed by atoms with Crippen molar-refractivity contribution >= 4 is 21.6 Å². The van der Waals surface area contributed by atoms with Crippen LogP contribution in [0.15, 0.2) is 22.7 Å². The molecule has 1 fully saturated rings. The summed E-state index contributed by atoms with van der Waals surface area (Å²) in [7, 11) is 0. The Labute approximate surface area is 104 Å². The van der Waals surface area contributed by atoms with Gasteiger partial charge in [-0.15, -0.1) is 0 Å². The standard InChI is InChI=1S/C12H13BrN2O/c1-9-8-15(2-3-16-9)12-5-10(7-14)4-11(13)6-12/h4-6,9H,2-3,8H2,1H3. The molecular weight excluding hydrogens is 268 g/mol. The van der Waals surface area contributed by atoms with Crippen molar-refractivity contribution in [2.45, 2.75) is 13.0 Å². The molecule has 1 unspecified atom stereocenters. The first-order valence-corrected chi connectivity index (χ1v) is 6.05. The van der Waals surface area contributed by atoms with Crippen LogP contribution >= 0.6 is 15.9 Å². The van der Waals surface area contributed by atoms with E-state index in [0.717, 1.165) is 29.9 Å². The van der Waals surface area contributed by atoms with Crippen molar-refractivity contribution in [1.82, 2.24) is 0 Å². The Morgan fingerprint density at radius 1 is 1.50 bits per heavy atom. The molecule has 1 aromatic rings. The number of hydrogen-bond donors (Lipinski definition) is 0. The van der Waals surface area contributed by atoms with Gasteiger partial charge in [0.2, 0.25) is 0 Å². The zero-order valence-corrected chi connectivity index (χ0v) is 10.7. The van der Waals surface area contributed by atoms with E-state index in [9.17, 15) is 0 Å². The van der Waals surface area contributed by atoms with Gasteiger partial charge in [-0.05, 0) is 25.1 Å². The van der Waals surface area contributed by atoms with Crippen molar-refractivity contribution in [3.8, 4) is 6.07 Å². The highest BCUT2D eigenvalue weighted by Gasteiger charge is 2.17. The van der Waals surface area contributed by atoms with Crippen LogP contribution in [0.1, 0.15) is 12.5 Å². The van der Waals surface area contributed by atoms with E-state index in [1.807, 2.05) is 18.2 Å². The van der Waals surface area contributed by atoms with E-state index in [-0.39, 0.29) is 6.10 Å². The number of nitrogens with zero attached hydrogens (tertiary/aromatic N) is 2. The number of ether oxygens (including phenoxy) is 1. The largest absolute Gasteiger partial charge is 0.375 e. The molecule has 1 heterocycles. The molecule has 0 aromatic heterocycles. The number of rotatable bonds is 1. The highest BCUT2D eigenvalue weighted by Crippen LogP contribution is 2.24. The first-order valence-electron chi connectivity index (χ1n) is 5.26. The molecule has 0 N–H and O–H groups in total. The highest BCUT2D eigenvalue weighted by molar-refractivity contribution is 9.10. The van der Waals surface area contributed by atoms with Crippen LogP contribution in [0.3, 0.4) is 0 Å². The molecule has 84 valence electrons. The lowest BCUT2D eigenvalue weighted by molar-refractivity contribution is 0.0532. The third kappa shape index (κ3) is 2.55. The molecule has 1 aliphatic rings. The maximum atomic E-state index is 8.92. The second-order valence-electron chi connectivity index (χ2n) is 3.94. The van der Waals surface area contributed by atoms with Gasteiger partial charge in [0.05, 0.1) is 24.3 Å². The summed E-state index contributed by atoms with van der Waals surface area (Å²) in [5.41, 5.74) is 1.77. The monoisotopic (exact) mass is 280 g/mol. The number of hydrogen-bond acceptors (Lipinski definition) is 3. The van der Waals surface area contributed by atoms with E-state index in [1.165, 1.54) is 0 Å². The van der Waals surface area contributed by atoms with Gasteiger partial charge in [0, 0.05) is 23.2 Å². The molecule has 1 aromatic carbocycles. The summed E-state index contributed by atoms with van der Waals surface area (Å²) in [4.78, 5) is 2.25. The minimum Gasteiger partial charge on any atom is -0.375 e. The fourth-order valence-corrected chi connectivity index (χ4v) is 2.36. The Bertz CT molecular complexity index is 428. The highest BCUT2D eigenvalue weighted by atomic mass is 79.9. The number of benzene rings is 1. The minimum atomic E-state index is 0.248. The van der Waals surface area contributed by atoms with Gasteiger partial charge < -0.3 is 9.64 Å². The third-order valence-corrected chi connectivity index (χ3v) is 3.08. The predicted octanol–water partition coefficient (Wildman–Crippen LogP) is 2.55. The van der Waals surface area contributed by atoms with Crippen LogP contribution in [0.4, 0.5) is 5.69 Å². The van der Waals surface area contributed by atoms with Crippen molar-refractivity contribution in [3.05, 3.63) is 28.2 Å². The third-order valence-electron chi connectivity index (χ3n) is 2.62. The van der Waals surface area contributed by atoms with Crippen LogP contribution in [0.2, 0.25) is 0 Å². The molecule has 2 rings (SSSR count). The van der Waals surface area contributed by atoms with Gasteiger partial charge in [0.1, 0.15) is 0 Å². The molecule has 0 radical (unpaired) electrons. The SMILES string of the molecule is CC1CN(c2cc(Br)cc(C#N)c2)CCO1. The number of halogens is 1. The smallest absolute Gasteiger partial charge is 0.0992 e. The van der Waals surface area contributed by atoms with Gasteiger partial charge in [-0.2, -0.15) is 5.26 Å². The van der Waals surface area contributed by atoms with Crippen LogP contribution < -0.4 is 4.90 Å². The molecule has 0 bridgehead atoms. The fourth-order valence-electron chi connectivity index (χ4n) is 1.87. The van der Waals surface area contributed by atoms with E-state index in [4.69, 9.17) is 10.00 Å². The summed E-state index contributed by atoms with van der Waals surface area (Å²) in [6, 6.07) is 7.96. The molecular formula is C12H13BrN2O. The van der Waals surface area contributed by atoms with Gasteiger partial charge in [0.15, 0.2) is 0 Å². The van der Waals surface area contributed by atoms with E-state index in [1.54, 1.807) is 0 Å². The minimum absolute atomic E-state index is 0.248. The van der Waals surface area contributed by atoms with Gasteiger partial charge >= 0.3 is 0 Å². The van der Waals surface area contributed by atoms with Gasteiger partial charge in [-0.25, -0.2) is 0 Å². The van der Waals surface area contributed by atoms with Gasteiger partial charge in [0.25, 0.3) is 0 Å². The number of morpholine rings is 1. The Morgan fingerprint density at radius 3 is 3.00 bits per heavy atom. The molecule has 1 atom stereocenters. The molecule has 4 heteroatoms. The van der Waals surface area contributed by atoms with Crippen LogP contribution in [-0.4, -0.2) is 25.8 Å². The second kappa shape index (κ2) is 4.86. The number of anilines is 1. The molecule has 0 spiro atoms. The lowest BCUT2D eigenvalue weighted by Crippen LogP contribution is -2.41. The molecule has 1 aliphatic heterocycles. The quantitative estimate of drug-likeness (QED) is 0.793. The Balaban J connectivity index is 2.26. The lowest BCUT2D eigenvalue weighted by Gasteiger charge is -2.33. The summed E-state index contributed by atoms with van der Waals surface area (Å²) in [6.07, 6.45) is 0.248. The fraction of sp³-hybridized carbons (Fsp3) is 0.417. The summed E-state index contributed by atoms with van der Waals surface area (Å²) in [6.45, 7) is 4.57. The average Bonchev–Trinajstić information content (AvgIpc) is 2.28. The van der Waals surface area contributed by atoms with Gasteiger partial charge in [-0.3, -0.25) is 0 Å². The average molecular weight is 281 g/mol. The molecule has 0 aliphatic carbocycles. The van der Waals surface area contributed by atoms with E-state index in [2.05, 4.69) is 33.8 Å². The summed E-state index contributed by atoms with van der Waals surface area (Å²) < 4.78 is 6.44. The maximum Gasteiger partial charge on any atom is 0.0992 e. The van der Waals surface area contributed by atoms with E-state index >= 15 is 0 Å². The van der Waals surface area contributed by atoms with Crippen molar-refractivity contribution in [2.75, 3.05) is 24.6 Å². The summed E-state index contributed by atoms with van der Waals surface area (Å²) in [5, 5.41) is 8.92. The normalized spacial score (nSPS) is 20.6. The summed E-state index contributed by atoms with van der Waals surface area (Å²) in [5.74, 6) is 0. The van der Waals surface area contributed by atoms with Crippen molar-refractivity contribution < 1.29 is 4.74 Å². The zero-order chi connectivity index (χ0) is 11.5. The van der Waals surface area contributed by atoms with Crippen LogP contribution in [0.25, 0.3) is 0 Å². The summed E-state index contributed by atoms with van der Waals surface area (Å²) >= 11 is 3.43. The molecule has 1 saturated heterocycles. The predicted molar refractivity (Wildman–Crippen MR) is 66.5 cm³/mol. The molecule has 16 heavy (non-hydrogen) atoms. The van der Waals surface area contributed by atoms with Gasteiger partial charge in [-0.1, -0.05) is 15.9 Å². The van der Waals surface area contributed by atoms with Crippen LogP contribution in [0.5, 0.6) is 0 Å². The molecule has 3 nitrogen and oxygen atoms in total. The van der Waals surface area contributed by atoms with E-state index in [0.29, 0.717) is 5.56 Å². The van der Waals surface area contributed by atoms with Crippen molar-refractivity contribution in [2.24, 2.45) is 0 Å². The topological polar surface area (TPSA) is 36.3 Å². The lowest BCUT2D eigenvalue weighted by atomic mass is 10.2. The van der Waals surface area contributed by atoms with Crippen LogP contribution in [-0.2, 0) is 4.74 Å². The van der Waals surface area contributed by atoms with Crippen molar-refractivity contribution in [1.29, 1.82) is 5.26 Å². The zero-order valence-electron chi connectivity index (χ0n) is 9.11. The van der Waals surface area contributed by atoms with Crippen molar-refractivity contribution in [3.63, 3.8) is 0 Å². The second-order valence-corrected chi connectivity index (χ2v) is 4.85. The Morgan fingerprint density at radius 2 is 2.31 bits per heavy atom. The maximum absolute atomic E-state index is 8.92.